The highest BCUT2D eigenvalue weighted by molar-refractivity contribution is 7.92. The summed E-state index contributed by atoms with van der Waals surface area (Å²) in [6.45, 7) is 7.67. The maximum Gasteiger partial charge on any atom is 0.407 e. The van der Waals surface area contributed by atoms with E-state index >= 15 is 0 Å². The fourth-order valence-electron chi connectivity index (χ4n) is 5.08. The van der Waals surface area contributed by atoms with Gasteiger partial charge in [-0.15, -0.1) is 5.48 Å². The van der Waals surface area contributed by atoms with Crippen LogP contribution in [0.15, 0.2) is 89.8 Å². The molecule has 1 aliphatic carbocycles. The van der Waals surface area contributed by atoms with Gasteiger partial charge in [0.05, 0.1) is 28.6 Å². The Morgan fingerprint density at radius 3 is 1.98 bits per heavy atom. The number of aryl methyl sites for hydroxylation is 1. The molecular formula is C32H39N3O6S. The van der Waals surface area contributed by atoms with Crippen LogP contribution in [-0.2, 0) is 37.3 Å². The number of alkyl carbamates (subject to hydrolysis) is 1. The van der Waals surface area contributed by atoms with Crippen LogP contribution in [-0.4, -0.2) is 43.4 Å². The minimum atomic E-state index is -3.93. The second-order valence-corrected chi connectivity index (χ2v) is 13.7. The van der Waals surface area contributed by atoms with Crippen molar-refractivity contribution >= 4 is 21.9 Å². The molecule has 1 fully saturated rings. The van der Waals surface area contributed by atoms with Gasteiger partial charge in [-0.3, -0.25) is 0 Å². The number of carbonyl (C=O) groups is 2. The highest BCUT2D eigenvalue weighted by Crippen LogP contribution is 2.36. The minimum absolute atomic E-state index is 0.0605. The molecule has 0 heterocycles. The Kier molecular flexibility index (Phi) is 10.0. The first-order chi connectivity index (χ1) is 19.9. The van der Waals surface area contributed by atoms with Gasteiger partial charge in [-0.1, -0.05) is 78.4 Å². The van der Waals surface area contributed by atoms with Crippen LogP contribution in [0.1, 0.15) is 43.9 Å². The summed E-state index contributed by atoms with van der Waals surface area (Å²) in [5.74, 6) is -1.64. The maximum atomic E-state index is 14.0. The molecule has 10 heteroatoms. The van der Waals surface area contributed by atoms with Crippen molar-refractivity contribution < 1.29 is 27.6 Å². The summed E-state index contributed by atoms with van der Waals surface area (Å²) in [7, 11) is -3.93. The van der Waals surface area contributed by atoms with E-state index in [0.717, 1.165) is 16.7 Å². The second kappa shape index (κ2) is 13.5. The molecule has 4 atom stereocenters. The molecule has 1 aliphatic rings. The number of amides is 1. The molecule has 0 radical (unpaired) electrons. The summed E-state index contributed by atoms with van der Waals surface area (Å²) in [4.78, 5) is 32.1. The molecule has 0 bridgehead atoms. The fraction of sp³-hybridized carbons (Fsp3) is 0.375. The monoisotopic (exact) mass is 593 g/mol. The van der Waals surface area contributed by atoms with Crippen LogP contribution in [0.4, 0.5) is 4.79 Å². The molecule has 3 aromatic rings. The number of carbonyl (C=O) groups excluding carboxylic acids is 2. The maximum absolute atomic E-state index is 14.0. The van der Waals surface area contributed by atoms with Crippen molar-refractivity contribution in [2.75, 3.05) is 0 Å². The molecule has 0 aliphatic heterocycles. The Morgan fingerprint density at radius 1 is 0.833 bits per heavy atom. The quantitative estimate of drug-likeness (QED) is 0.295. The van der Waals surface area contributed by atoms with Crippen molar-refractivity contribution in [2.45, 2.75) is 75.0 Å². The molecule has 0 saturated heterocycles. The van der Waals surface area contributed by atoms with Crippen molar-refractivity contribution in [3.63, 3.8) is 0 Å². The van der Waals surface area contributed by atoms with Crippen LogP contribution in [0, 0.1) is 12.8 Å². The number of hydrogen-bond acceptors (Lipinski definition) is 8. The lowest BCUT2D eigenvalue weighted by Gasteiger charge is -2.29. The van der Waals surface area contributed by atoms with E-state index in [1.165, 1.54) is 0 Å². The van der Waals surface area contributed by atoms with Gasteiger partial charge in [0.2, 0.25) is 0 Å². The second-order valence-electron chi connectivity index (χ2n) is 11.5. The lowest BCUT2D eigenvalue weighted by atomic mass is 10.0. The van der Waals surface area contributed by atoms with Gasteiger partial charge >= 0.3 is 12.1 Å². The number of benzene rings is 3. The van der Waals surface area contributed by atoms with E-state index in [9.17, 15) is 18.0 Å². The molecule has 9 nitrogen and oxygen atoms in total. The van der Waals surface area contributed by atoms with E-state index < -0.39 is 50.8 Å². The Balaban J connectivity index is 1.65. The topological polar surface area (TPSA) is 123 Å². The van der Waals surface area contributed by atoms with Gasteiger partial charge in [-0.25, -0.2) is 18.0 Å². The first-order valence-corrected chi connectivity index (χ1v) is 15.5. The van der Waals surface area contributed by atoms with Gasteiger partial charge in [0.25, 0.3) is 0 Å². The van der Waals surface area contributed by atoms with E-state index in [-0.39, 0.29) is 17.9 Å². The third kappa shape index (κ3) is 8.18. The highest BCUT2D eigenvalue weighted by atomic mass is 32.2. The summed E-state index contributed by atoms with van der Waals surface area (Å²) in [6.07, 6.45) is -0.808. The van der Waals surface area contributed by atoms with Gasteiger partial charge in [0.15, 0.2) is 9.84 Å². The molecule has 1 amide bonds. The Labute approximate surface area is 247 Å². The van der Waals surface area contributed by atoms with Crippen molar-refractivity contribution in [1.29, 1.82) is 0 Å². The van der Waals surface area contributed by atoms with Crippen molar-refractivity contribution in [3.05, 3.63) is 102 Å². The Morgan fingerprint density at radius 2 is 1.40 bits per heavy atom. The van der Waals surface area contributed by atoms with Gasteiger partial charge < -0.3 is 20.2 Å². The normalized spacial score (nSPS) is 20.6. The molecule has 224 valence electrons. The van der Waals surface area contributed by atoms with Crippen LogP contribution >= 0.6 is 0 Å². The van der Waals surface area contributed by atoms with Gasteiger partial charge in [0, 0.05) is 12.6 Å². The summed E-state index contributed by atoms with van der Waals surface area (Å²) in [5, 5.41) is 5.12. The number of ether oxygens (including phenoxy) is 1. The lowest BCUT2D eigenvalue weighted by Crippen LogP contribution is -2.55. The summed E-state index contributed by atoms with van der Waals surface area (Å²) < 4.78 is 33.6. The molecule has 0 spiro atoms. The van der Waals surface area contributed by atoms with Crippen LogP contribution in [0.5, 0.6) is 0 Å². The van der Waals surface area contributed by atoms with Crippen LogP contribution in [0.25, 0.3) is 0 Å². The van der Waals surface area contributed by atoms with Gasteiger partial charge in [0.1, 0.15) is 5.60 Å². The summed E-state index contributed by atoms with van der Waals surface area (Å²) >= 11 is 0. The minimum Gasteiger partial charge on any atom is -0.444 e. The van der Waals surface area contributed by atoms with Crippen LogP contribution in [0.2, 0.25) is 0 Å². The zero-order valence-corrected chi connectivity index (χ0v) is 25.2. The van der Waals surface area contributed by atoms with E-state index in [1.54, 1.807) is 45.0 Å². The predicted molar refractivity (Wildman–Crippen MR) is 160 cm³/mol. The first kappa shape index (κ1) is 31.2. The number of hydroxylamine groups is 1. The number of sulfone groups is 1. The van der Waals surface area contributed by atoms with E-state index in [0.29, 0.717) is 6.54 Å². The Bertz CT molecular complexity index is 1440. The van der Waals surface area contributed by atoms with Crippen LogP contribution in [0.3, 0.4) is 0 Å². The smallest absolute Gasteiger partial charge is 0.407 e. The van der Waals surface area contributed by atoms with Crippen molar-refractivity contribution in [3.8, 4) is 0 Å². The molecule has 42 heavy (non-hydrogen) atoms. The molecular weight excluding hydrogens is 554 g/mol. The number of hydrogen-bond donors (Lipinski definition) is 3. The predicted octanol–water partition coefficient (Wildman–Crippen LogP) is 4.46. The molecule has 0 aromatic heterocycles. The van der Waals surface area contributed by atoms with Crippen molar-refractivity contribution in [1.82, 2.24) is 16.1 Å². The summed E-state index contributed by atoms with van der Waals surface area (Å²) in [6, 6.07) is 23.8. The van der Waals surface area contributed by atoms with E-state index in [2.05, 4.69) is 16.1 Å². The summed E-state index contributed by atoms with van der Waals surface area (Å²) in [5.41, 5.74) is 4.65. The third-order valence-electron chi connectivity index (χ3n) is 7.12. The zero-order chi connectivity index (χ0) is 30.3. The lowest BCUT2D eigenvalue weighted by molar-refractivity contribution is -0.157. The molecule has 4 rings (SSSR count). The standard InChI is InChI=1S/C32H39N3O6S/c1-22-15-17-25(18-16-22)42(38,39)27-19-26(30(36)41-34-21-24-13-9-6-10-14-24)28(35-31(37)40-32(2,3)4)29(27)33-20-23-11-7-5-8-12-23/h5-18,26-29,33-34H,19-21H2,1-4H3,(H,35,37)/t26-,27?,28-,29?/m1/s1. The molecule has 1 saturated carbocycles. The van der Waals surface area contributed by atoms with Gasteiger partial charge in [-0.2, -0.15) is 0 Å². The van der Waals surface area contributed by atoms with Crippen molar-refractivity contribution in [2.24, 2.45) is 5.92 Å². The van der Waals surface area contributed by atoms with Gasteiger partial charge in [-0.05, 0) is 57.4 Å². The largest absolute Gasteiger partial charge is 0.444 e. The zero-order valence-electron chi connectivity index (χ0n) is 24.4. The van der Waals surface area contributed by atoms with E-state index in [1.807, 2.05) is 67.6 Å². The average Bonchev–Trinajstić information content (AvgIpc) is 3.31. The first-order valence-electron chi connectivity index (χ1n) is 14.0. The molecule has 3 aromatic carbocycles. The van der Waals surface area contributed by atoms with Crippen LogP contribution < -0.4 is 16.1 Å². The highest BCUT2D eigenvalue weighted by Gasteiger charge is 2.53. The average molecular weight is 594 g/mol. The Hall–Kier alpha value is -3.73. The van der Waals surface area contributed by atoms with E-state index in [4.69, 9.17) is 9.57 Å². The number of rotatable bonds is 10. The molecule has 3 N–H and O–H groups in total. The SMILES string of the molecule is Cc1ccc(S(=O)(=O)C2C[C@@H](C(=O)ONCc3ccccc3)[C@@H](NC(=O)OC(C)(C)C)C2NCc2ccccc2)cc1. The fourth-order valence-corrected chi connectivity index (χ4v) is 7.05. The molecule has 2 unspecified atom stereocenters. The third-order valence-corrected chi connectivity index (χ3v) is 9.33. The number of nitrogens with one attached hydrogen (secondary N) is 3.